The largest absolute Gasteiger partial charge is 0.314 e. The van der Waals surface area contributed by atoms with Crippen molar-refractivity contribution in [1.29, 1.82) is 0 Å². The van der Waals surface area contributed by atoms with Gasteiger partial charge < -0.3 is 5.32 Å². The molecule has 0 aromatic carbocycles. The maximum atomic E-state index is 11.8. The number of hydrogen-bond donors (Lipinski definition) is 2. The summed E-state index contributed by atoms with van der Waals surface area (Å²) in [6.45, 7) is 0.727. The first-order valence-corrected chi connectivity index (χ1v) is 10.3. The molecule has 0 aromatic heterocycles. The van der Waals surface area contributed by atoms with Gasteiger partial charge in [-0.2, -0.15) is 0 Å². The first-order chi connectivity index (χ1) is 8.86. The number of hydrogen-bond acceptors (Lipinski definition) is 5. The molecular formula is C11H22N2O4S2. The summed E-state index contributed by atoms with van der Waals surface area (Å²) in [4.78, 5) is 0. The zero-order valence-electron chi connectivity index (χ0n) is 11.0. The monoisotopic (exact) mass is 310 g/mol. The molecule has 0 radical (unpaired) electrons. The van der Waals surface area contributed by atoms with E-state index in [1.54, 1.807) is 0 Å². The minimum Gasteiger partial charge on any atom is -0.314 e. The highest BCUT2D eigenvalue weighted by Crippen LogP contribution is 2.18. The summed E-state index contributed by atoms with van der Waals surface area (Å²) in [6, 6.07) is 0.379. The average molecular weight is 310 g/mol. The fraction of sp³-hybridized carbons (Fsp3) is 1.00. The van der Waals surface area contributed by atoms with Gasteiger partial charge in [-0.3, -0.25) is 0 Å². The van der Waals surface area contributed by atoms with E-state index in [1.165, 1.54) is 12.8 Å². The second-order valence-corrected chi connectivity index (χ2v) is 9.62. The van der Waals surface area contributed by atoms with E-state index in [1.807, 2.05) is 0 Å². The summed E-state index contributed by atoms with van der Waals surface area (Å²) in [5, 5.41) is 3.27. The third-order valence-corrected chi connectivity index (χ3v) is 6.74. The molecule has 1 heterocycles. The van der Waals surface area contributed by atoms with Gasteiger partial charge in [-0.15, -0.1) is 0 Å². The van der Waals surface area contributed by atoms with Crippen LogP contribution in [0.25, 0.3) is 0 Å². The number of rotatable bonds is 7. The van der Waals surface area contributed by atoms with Crippen LogP contribution in [0.4, 0.5) is 0 Å². The number of sulfone groups is 1. The molecule has 19 heavy (non-hydrogen) atoms. The Balaban J connectivity index is 1.67. The minimum atomic E-state index is -3.28. The normalized spacial score (nSPS) is 24.4. The van der Waals surface area contributed by atoms with Crippen LogP contribution in [0, 0.1) is 0 Å². The van der Waals surface area contributed by atoms with Crippen LogP contribution in [-0.4, -0.2) is 52.7 Å². The van der Waals surface area contributed by atoms with Crippen molar-refractivity contribution in [2.75, 3.05) is 23.8 Å². The van der Waals surface area contributed by atoms with Crippen molar-refractivity contribution in [2.45, 2.75) is 44.2 Å². The van der Waals surface area contributed by atoms with Gasteiger partial charge in [-0.1, -0.05) is 0 Å². The Morgan fingerprint density at radius 1 is 1.00 bits per heavy atom. The van der Waals surface area contributed by atoms with E-state index < -0.39 is 19.9 Å². The van der Waals surface area contributed by atoms with E-state index in [-0.39, 0.29) is 23.3 Å². The fourth-order valence-electron chi connectivity index (χ4n) is 2.18. The topological polar surface area (TPSA) is 92.3 Å². The molecule has 0 atom stereocenters. The van der Waals surface area contributed by atoms with Crippen molar-refractivity contribution >= 4 is 19.9 Å². The predicted octanol–water partition coefficient (Wildman–Crippen LogP) is -0.375. The molecule has 1 aliphatic heterocycles. The molecular weight excluding hydrogens is 288 g/mol. The van der Waals surface area contributed by atoms with Crippen LogP contribution < -0.4 is 10.0 Å². The minimum absolute atomic E-state index is 0.0867. The SMILES string of the molecule is O=S1(=O)CCC(NS(=O)(=O)CCCNC2CC2)CC1. The van der Waals surface area contributed by atoms with Gasteiger partial charge in [0, 0.05) is 12.1 Å². The molecule has 2 aliphatic rings. The van der Waals surface area contributed by atoms with Gasteiger partial charge in [-0.25, -0.2) is 21.6 Å². The highest BCUT2D eigenvalue weighted by atomic mass is 32.2. The van der Waals surface area contributed by atoms with E-state index in [9.17, 15) is 16.8 Å². The molecule has 112 valence electrons. The zero-order valence-corrected chi connectivity index (χ0v) is 12.6. The third-order valence-electron chi connectivity index (χ3n) is 3.50. The van der Waals surface area contributed by atoms with Gasteiger partial charge in [0.1, 0.15) is 9.84 Å². The van der Waals surface area contributed by atoms with Crippen molar-refractivity contribution in [1.82, 2.24) is 10.0 Å². The maximum Gasteiger partial charge on any atom is 0.211 e. The lowest BCUT2D eigenvalue weighted by molar-refractivity contribution is 0.503. The van der Waals surface area contributed by atoms with Gasteiger partial charge in [-0.05, 0) is 38.6 Å². The average Bonchev–Trinajstić information content (AvgIpc) is 3.11. The molecule has 1 saturated heterocycles. The molecule has 0 unspecified atom stereocenters. The van der Waals surface area contributed by atoms with E-state index in [4.69, 9.17) is 0 Å². The van der Waals surface area contributed by atoms with E-state index in [0.29, 0.717) is 25.3 Å². The fourth-order valence-corrected chi connectivity index (χ4v) is 5.05. The second-order valence-electron chi connectivity index (χ2n) is 5.44. The molecule has 1 aliphatic carbocycles. The van der Waals surface area contributed by atoms with Crippen molar-refractivity contribution in [3.05, 3.63) is 0 Å². The van der Waals surface area contributed by atoms with Crippen molar-refractivity contribution in [3.8, 4) is 0 Å². The zero-order chi connectivity index (χ0) is 13.9. The molecule has 2 N–H and O–H groups in total. The smallest absolute Gasteiger partial charge is 0.211 e. The van der Waals surface area contributed by atoms with Gasteiger partial charge in [0.15, 0.2) is 0 Å². The first-order valence-electron chi connectivity index (χ1n) is 6.80. The lowest BCUT2D eigenvalue weighted by atomic mass is 10.2. The lowest BCUT2D eigenvalue weighted by Crippen LogP contribution is -2.42. The predicted molar refractivity (Wildman–Crippen MR) is 74.2 cm³/mol. The number of nitrogens with one attached hydrogen (secondary N) is 2. The Labute approximate surface area is 115 Å². The standard InChI is InChI=1S/C11H22N2O4S2/c14-18(15)8-4-11(5-9-18)13-19(16,17)7-1-6-12-10-2-3-10/h10-13H,1-9H2. The maximum absolute atomic E-state index is 11.8. The van der Waals surface area contributed by atoms with E-state index in [0.717, 1.165) is 6.54 Å². The Kier molecular flexibility index (Phi) is 4.86. The van der Waals surface area contributed by atoms with Crippen LogP contribution in [0.5, 0.6) is 0 Å². The highest BCUT2D eigenvalue weighted by molar-refractivity contribution is 7.91. The second kappa shape index (κ2) is 6.07. The third kappa shape index (κ3) is 5.76. The number of sulfonamides is 1. The van der Waals surface area contributed by atoms with Crippen LogP contribution in [-0.2, 0) is 19.9 Å². The lowest BCUT2D eigenvalue weighted by Gasteiger charge is -2.22. The summed E-state index contributed by atoms with van der Waals surface area (Å²) >= 11 is 0. The van der Waals surface area contributed by atoms with Crippen LogP contribution >= 0.6 is 0 Å². The molecule has 6 nitrogen and oxygen atoms in total. The Morgan fingerprint density at radius 2 is 1.63 bits per heavy atom. The molecule has 2 fully saturated rings. The van der Waals surface area contributed by atoms with Crippen molar-refractivity contribution in [2.24, 2.45) is 0 Å². The first kappa shape index (κ1) is 15.2. The molecule has 0 aromatic rings. The van der Waals surface area contributed by atoms with E-state index >= 15 is 0 Å². The van der Waals surface area contributed by atoms with Gasteiger partial charge >= 0.3 is 0 Å². The molecule has 0 spiro atoms. The Morgan fingerprint density at radius 3 is 2.21 bits per heavy atom. The molecule has 8 heteroatoms. The van der Waals surface area contributed by atoms with E-state index in [2.05, 4.69) is 10.0 Å². The quantitative estimate of drug-likeness (QED) is 0.626. The van der Waals surface area contributed by atoms with Crippen molar-refractivity contribution in [3.63, 3.8) is 0 Å². The molecule has 2 rings (SSSR count). The van der Waals surface area contributed by atoms with Gasteiger partial charge in [0.2, 0.25) is 10.0 Å². The van der Waals surface area contributed by atoms with Crippen LogP contribution in [0.3, 0.4) is 0 Å². The van der Waals surface area contributed by atoms with Gasteiger partial charge in [0.25, 0.3) is 0 Å². The molecule has 1 saturated carbocycles. The summed E-state index contributed by atoms with van der Waals surface area (Å²) in [5.41, 5.74) is 0. The van der Waals surface area contributed by atoms with Crippen molar-refractivity contribution < 1.29 is 16.8 Å². The summed E-state index contributed by atoms with van der Waals surface area (Å²) in [5.74, 6) is 0.281. The summed E-state index contributed by atoms with van der Waals surface area (Å²) in [6.07, 6.45) is 3.77. The summed E-state index contributed by atoms with van der Waals surface area (Å²) < 4.78 is 48.8. The Hall–Kier alpha value is -0.180. The van der Waals surface area contributed by atoms with Crippen LogP contribution in [0.1, 0.15) is 32.1 Å². The van der Waals surface area contributed by atoms with Gasteiger partial charge in [0.05, 0.1) is 17.3 Å². The molecule has 0 bridgehead atoms. The Bertz CT molecular complexity index is 483. The van der Waals surface area contributed by atoms with Crippen LogP contribution in [0.2, 0.25) is 0 Å². The molecule has 0 amide bonds. The summed E-state index contributed by atoms with van der Waals surface area (Å²) in [7, 11) is -6.22. The highest BCUT2D eigenvalue weighted by Gasteiger charge is 2.26. The van der Waals surface area contributed by atoms with Crippen LogP contribution in [0.15, 0.2) is 0 Å².